The van der Waals surface area contributed by atoms with Crippen molar-refractivity contribution in [3.8, 4) is 0 Å². The highest BCUT2D eigenvalue weighted by molar-refractivity contribution is 6.32. The third-order valence-corrected chi connectivity index (χ3v) is 2.63. The molecule has 1 aromatic rings. The van der Waals surface area contributed by atoms with Gasteiger partial charge in [0.05, 0.1) is 23.1 Å². The molecule has 98 valence electrons. The molecule has 0 saturated heterocycles. The van der Waals surface area contributed by atoms with Crippen LogP contribution in [-0.2, 0) is 0 Å². The van der Waals surface area contributed by atoms with E-state index < -0.39 is 16.9 Å². The summed E-state index contributed by atoms with van der Waals surface area (Å²) in [7, 11) is 0. The topological polar surface area (TPSA) is 105 Å². The number of aliphatic hydroxyl groups excluding tert-OH is 1. The normalized spacial score (nSPS) is 11.9. The van der Waals surface area contributed by atoms with Crippen molar-refractivity contribution in [1.82, 2.24) is 10.3 Å². The zero-order valence-corrected chi connectivity index (χ0v) is 10.3. The Morgan fingerprint density at radius 1 is 1.72 bits per heavy atom. The van der Waals surface area contributed by atoms with Crippen LogP contribution in [0.1, 0.15) is 23.7 Å². The SMILES string of the molecule is CC[C@@H](CO)NC(=O)c1cc([N+](=O)[O-])cnc1Cl. The number of carbonyl (C=O) groups excluding carboxylic acids is 1. The van der Waals surface area contributed by atoms with Crippen molar-refractivity contribution >= 4 is 23.2 Å². The summed E-state index contributed by atoms with van der Waals surface area (Å²) >= 11 is 5.71. The number of aliphatic hydroxyl groups is 1. The average Bonchev–Trinajstić information content (AvgIpc) is 2.35. The van der Waals surface area contributed by atoms with Crippen molar-refractivity contribution in [2.45, 2.75) is 19.4 Å². The van der Waals surface area contributed by atoms with Gasteiger partial charge in [0.2, 0.25) is 0 Å². The fourth-order valence-corrected chi connectivity index (χ4v) is 1.43. The molecule has 7 nitrogen and oxygen atoms in total. The van der Waals surface area contributed by atoms with Crippen LogP contribution in [0.2, 0.25) is 5.15 Å². The Hall–Kier alpha value is -1.73. The quantitative estimate of drug-likeness (QED) is 0.475. The molecular weight excluding hydrogens is 262 g/mol. The van der Waals surface area contributed by atoms with Crippen molar-refractivity contribution in [3.05, 3.63) is 33.1 Å². The van der Waals surface area contributed by atoms with Crippen molar-refractivity contribution in [2.75, 3.05) is 6.61 Å². The number of pyridine rings is 1. The fraction of sp³-hybridized carbons (Fsp3) is 0.400. The van der Waals surface area contributed by atoms with E-state index in [1.807, 2.05) is 0 Å². The van der Waals surface area contributed by atoms with Gasteiger partial charge in [-0.1, -0.05) is 18.5 Å². The minimum absolute atomic E-state index is 0.0854. The van der Waals surface area contributed by atoms with E-state index >= 15 is 0 Å². The third-order valence-electron chi connectivity index (χ3n) is 2.33. The van der Waals surface area contributed by atoms with Crippen LogP contribution < -0.4 is 5.32 Å². The summed E-state index contributed by atoms with van der Waals surface area (Å²) in [6.07, 6.45) is 1.50. The van der Waals surface area contributed by atoms with E-state index in [-0.39, 0.29) is 23.0 Å². The highest BCUT2D eigenvalue weighted by atomic mass is 35.5. The maximum Gasteiger partial charge on any atom is 0.288 e. The highest BCUT2D eigenvalue weighted by Crippen LogP contribution is 2.19. The second kappa shape index (κ2) is 6.27. The zero-order valence-electron chi connectivity index (χ0n) is 9.59. The predicted octanol–water partition coefficient (Wildman–Crippen LogP) is 1.14. The molecule has 2 N–H and O–H groups in total. The lowest BCUT2D eigenvalue weighted by atomic mass is 10.2. The summed E-state index contributed by atoms with van der Waals surface area (Å²) in [6.45, 7) is 1.57. The molecule has 0 bridgehead atoms. The van der Waals surface area contributed by atoms with Crippen LogP contribution in [0.25, 0.3) is 0 Å². The molecule has 1 amide bonds. The lowest BCUT2D eigenvalue weighted by molar-refractivity contribution is -0.385. The summed E-state index contributed by atoms with van der Waals surface area (Å²) in [4.78, 5) is 25.3. The first kappa shape index (κ1) is 14.3. The van der Waals surface area contributed by atoms with Crippen molar-refractivity contribution < 1.29 is 14.8 Å². The number of nitro groups is 1. The molecule has 1 aromatic heterocycles. The number of halogens is 1. The minimum Gasteiger partial charge on any atom is -0.394 e. The molecule has 0 aliphatic heterocycles. The van der Waals surface area contributed by atoms with Gasteiger partial charge in [-0.2, -0.15) is 0 Å². The first-order chi connectivity index (χ1) is 8.49. The molecule has 1 rings (SSSR count). The molecule has 1 heterocycles. The molecule has 0 aliphatic rings. The van der Waals surface area contributed by atoms with E-state index in [0.717, 1.165) is 12.3 Å². The van der Waals surface area contributed by atoms with Crippen LogP contribution in [0.15, 0.2) is 12.3 Å². The van der Waals surface area contributed by atoms with Crippen molar-refractivity contribution in [3.63, 3.8) is 0 Å². The van der Waals surface area contributed by atoms with E-state index in [4.69, 9.17) is 16.7 Å². The number of aromatic nitrogens is 1. The van der Waals surface area contributed by atoms with Gasteiger partial charge < -0.3 is 10.4 Å². The largest absolute Gasteiger partial charge is 0.394 e. The third kappa shape index (κ3) is 3.38. The standard InChI is InChI=1S/C10H12ClN3O4/c1-2-6(5-15)13-10(16)8-3-7(14(17)18)4-12-9(8)11/h3-4,6,15H,2,5H2,1H3,(H,13,16)/t6-/m0/s1. The molecule has 8 heteroatoms. The van der Waals surface area contributed by atoms with E-state index in [2.05, 4.69) is 10.3 Å². The fourth-order valence-electron chi connectivity index (χ4n) is 1.24. The van der Waals surface area contributed by atoms with Gasteiger partial charge in [0.15, 0.2) is 0 Å². The average molecular weight is 274 g/mol. The summed E-state index contributed by atoms with van der Waals surface area (Å²) < 4.78 is 0. The molecular formula is C10H12ClN3O4. The summed E-state index contributed by atoms with van der Waals surface area (Å²) in [6, 6.07) is 0.627. The first-order valence-electron chi connectivity index (χ1n) is 5.21. The summed E-state index contributed by atoms with van der Waals surface area (Å²) in [5.41, 5.74) is -0.403. The Morgan fingerprint density at radius 3 is 2.89 bits per heavy atom. The van der Waals surface area contributed by atoms with Crippen LogP contribution >= 0.6 is 11.6 Å². The number of nitrogens with one attached hydrogen (secondary N) is 1. The number of nitrogens with zero attached hydrogens (tertiary/aromatic N) is 2. The van der Waals surface area contributed by atoms with Crippen LogP contribution in [0, 0.1) is 10.1 Å². The van der Waals surface area contributed by atoms with Crippen LogP contribution in [0.5, 0.6) is 0 Å². The van der Waals surface area contributed by atoms with Crippen molar-refractivity contribution in [1.29, 1.82) is 0 Å². The van der Waals surface area contributed by atoms with Crippen LogP contribution in [0.4, 0.5) is 5.69 Å². The van der Waals surface area contributed by atoms with E-state index in [1.54, 1.807) is 6.92 Å². The Bertz CT molecular complexity index is 462. The number of hydrogen-bond acceptors (Lipinski definition) is 5. The van der Waals surface area contributed by atoms with Crippen LogP contribution in [0.3, 0.4) is 0 Å². The lowest BCUT2D eigenvalue weighted by Gasteiger charge is -2.14. The number of amides is 1. The Morgan fingerprint density at radius 2 is 2.39 bits per heavy atom. The number of hydrogen-bond donors (Lipinski definition) is 2. The van der Waals surface area contributed by atoms with Gasteiger partial charge in [0.1, 0.15) is 11.3 Å². The summed E-state index contributed by atoms with van der Waals surface area (Å²) in [5, 5.41) is 21.9. The van der Waals surface area contributed by atoms with Gasteiger partial charge in [0.25, 0.3) is 11.6 Å². The molecule has 0 fully saturated rings. The maximum absolute atomic E-state index is 11.8. The summed E-state index contributed by atoms with van der Waals surface area (Å²) in [5.74, 6) is -0.600. The molecule has 0 spiro atoms. The minimum atomic E-state index is -0.663. The van der Waals surface area contributed by atoms with Crippen molar-refractivity contribution in [2.24, 2.45) is 0 Å². The number of carbonyl (C=O) groups is 1. The molecule has 0 saturated carbocycles. The van der Waals surface area contributed by atoms with E-state index in [0.29, 0.717) is 6.42 Å². The van der Waals surface area contributed by atoms with Gasteiger partial charge in [-0.15, -0.1) is 0 Å². The Kier molecular flexibility index (Phi) is 4.99. The predicted molar refractivity (Wildman–Crippen MR) is 64.5 cm³/mol. The van der Waals surface area contributed by atoms with E-state index in [1.165, 1.54) is 0 Å². The highest BCUT2D eigenvalue weighted by Gasteiger charge is 2.18. The monoisotopic (exact) mass is 273 g/mol. The second-order valence-electron chi connectivity index (χ2n) is 3.55. The van der Waals surface area contributed by atoms with Gasteiger partial charge in [-0.25, -0.2) is 4.98 Å². The maximum atomic E-state index is 11.8. The molecule has 0 aliphatic carbocycles. The molecule has 0 radical (unpaired) electrons. The smallest absolute Gasteiger partial charge is 0.288 e. The molecule has 1 atom stereocenters. The Balaban J connectivity index is 2.97. The first-order valence-corrected chi connectivity index (χ1v) is 5.59. The van der Waals surface area contributed by atoms with Gasteiger partial charge in [0, 0.05) is 6.07 Å². The molecule has 0 unspecified atom stereocenters. The van der Waals surface area contributed by atoms with Gasteiger partial charge in [-0.05, 0) is 6.42 Å². The van der Waals surface area contributed by atoms with Crippen LogP contribution in [-0.4, -0.2) is 33.6 Å². The second-order valence-corrected chi connectivity index (χ2v) is 3.91. The zero-order chi connectivity index (χ0) is 13.7. The number of rotatable bonds is 5. The lowest BCUT2D eigenvalue weighted by Crippen LogP contribution is -2.37. The Labute approximate surface area is 108 Å². The van der Waals surface area contributed by atoms with Gasteiger partial charge in [-0.3, -0.25) is 14.9 Å². The molecule has 0 aromatic carbocycles. The van der Waals surface area contributed by atoms with Gasteiger partial charge >= 0.3 is 0 Å². The molecule has 18 heavy (non-hydrogen) atoms. The van der Waals surface area contributed by atoms with E-state index in [9.17, 15) is 14.9 Å².